The average molecular weight is 315 g/mol. The Kier molecular flexibility index (Phi) is 4.88. The molecule has 0 unspecified atom stereocenters. The molecule has 2 rings (SSSR count). The highest BCUT2D eigenvalue weighted by atomic mass is 79.9. The molecule has 4 heteroatoms. The first kappa shape index (κ1) is 13.4. The Morgan fingerprint density at radius 3 is 2.71 bits per heavy atom. The molecule has 0 saturated carbocycles. The van der Waals surface area contributed by atoms with Crippen LogP contribution in [0.1, 0.15) is 24.1 Å². The Labute approximate surface area is 116 Å². The third kappa shape index (κ3) is 3.70. The van der Waals surface area contributed by atoms with Crippen LogP contribution < -0.4 is 0 Å². The average Bonchev–Trinajstić information content (AvgIpc) is 2.34. The van der Waals surface area contributed by atoms with E-state index in [1.54, 1.807) is 0 Å². The molecule has 0 aliphatic carbocycles. The summed E-state index contributed by atoms with van der Waals surface area (Å²) < 4.78 is 0.930. The van der Waals surface area contributed by atoms with Gasteiger partial charge in [0, 0.05) is 17.5 Å². The molecule has 1 fully saturated rings. The van der Waals surface area contributed by atoms with Crippen LogP contribution in [0.3, 0.4) is 0 Å². The SMILES string of the molecule is CSC1CCN(Cc2ccc(Br)nc2C)CC1. The van der Waals surface area contributed by atoms with Crippen molar-refractivity contribution in [2.45, 2.75) is 31.6 Å². The van der Waals surface area contributed by atoms with E-state index >= 15 is 0 Å². The van der Waals surface area contributed by atoms with Gasteiger partial charge in [0.25, 0.3) is 0 Å². The Morgan fingerprint density at radius 1 is 1.41 bits per heavy atom. The number of nitrogens with zero attached hydrogens (tertiary/aromatic N) is 2. The van der Waals surface area contributed by atoms with E-state index in [9.17, 15) is 0 Å². The molecule has 1 aliphatic rings. The lowest BCUT2D eigenvalue weighted by Crippen LogP contribution is -2.34. The molecule has 1 aliphatic heterocycles. The summed E-state index contributed by atoms with van der Waals surface area (Å²) in [5.41, 5.74) is 2.50. The molecule has 1 aromatic rings. The predicted molar refractivity (Wildman–Crippen MR) is 78.5 cm³/mol. The van der Waals surface area contributed by atoms with Crippen molar-refractivity contribution in [1.82, 2.24) is 9.88 Å². The number of rotatable bonds is 3. The molecule has 94 valence electrons. The van der Waals surface area contributed by atoms with Crippen molar-refractivity contribution < 1.29 is 0 Å². The van der Waals surface area contributed by atoms with Gasteiger partial charge >= 0.3 is 0 Å². The smallest absolute Gasteiger partial charge is 0.106 e. The zero-order chi connectivity index (χ0) is 12.3. The minimum absolute atomic E-state index is 0.871. The third-order valence-corrected chi connectivity index (χ3v) is 5.00. The van der Waals surface area contributed by atoms with Crippen LogP contribution in [0.4, 0.5) is 0 Å². The molecule has 0 aromatic carbocycles. The molecule has 2 nitrogen and oxygen atoms in total. The number of pyridine rings is 1. The Bertz CT molecular complexity index is 376. The van der Waals surface area contributed by atoms with Crippen LogP contribution in [0.5, 0.6) is 0 Å². The van der Waals surface area contributed by atoms with Gasteiger partial charge in [-0.1, -0.05) is 6.07 Å². The Morgan fingerprint density at radius 2 is 2.12 bits per heavy atom. The predicted octanol–water partition coefficient (Wildman–Crippen LogP) is 3.48. The minimum atomic E-state index is 0.871. The van der Waals surface area contributed by atoms with Gasteiger partial charge in [-0.2, -0.15) is 11.8 Å². The number of aryl methyl sites for hydroxylation is 1. The number of likely N-dealkylation sites (tertiary alicyclic amines) is 1. The first-order valence-corrected chi connectivity index (χ1v) is 8.14. The van der Waals surface area contributed by atoms with E-state index in [0.29, 0.717) is 0 Å². The van der Waals surface area contributed by atoms with Crippen LogP contribution in [-0.4, -0.2) is 34.5 Å². The van der Waals surface area contributed by atoms with Crippen molar-refractivity contribution in [3.63, 3.8) is 0 Å². The molecular weight excluding hydrogens is 296 g/mol. The van der Waals surface area contributed by atoms with Gasteiger partial charge in [0.05, 0.1) is 0 Å². The Hall–Kier alpha value is -0.0600. The van der Waals surface area contributed by atoms with Crippen molar-refractivity contribution in [2.75, 3.05) is 19.3 Å². The summed E-state index contributed by atoms with van der Waals surface area (Å²) in [6, 6.07) is 4.23. The van der Waals surface area contributed by atoms with E-state index in [0.717, 1.165) is 22.1 Å². The van der Waals surface area contributed by atoms with E-state index in [1.807, 2.05) is 17.8 Å². The summed E-state index contributed by atoms with van der Waals surface area (Å²) in [5, 5.41) is 0.871. The highest BCUT2D eigenvalue weighted by molar-refractivity contribution is 9.10. The van der Waals surface area contributed by atoms with E-state index in [4.69, 9.17) is 0 Å². The van der Waals surface area contributed by atoms with Crippen LogP contribution in [-0.2, 0) is 6.54 Å². The molecule has 0 N–H and O–H groups in total. The second-order valence-corrected chi connectivity index (χ2v) is 6.54. The fourth-order valence-electron chi connectivity index (χ4n) is 2.27. The molecule has 0 spiro atoms. The zero-order valence-corrected chi connectivity index (χ0v) is 12.9. The topological polar surface area (TPSA) is 16.1 Å². The largest absolute Gasteiger partial charge is 0.299 e. The van der Waals surface area contributed by atoms with Gasteiger partial charge in [-0.3, -0.25) is 4.90 Å². The van der Waals surface area contributed by atoms with Crippen molar-refractivity contribution in [1.29, 1.82) is 0 Å². The van der Waals surface area contributed by atoms with E-state index < -0.39 is 0 Å². The number of thioether (sulfide) groups is 1. The lowest BCUT2D eigenvalue weighted by Gasteiger charge is -2.31. The summed E-state index contributed by atoms with van der Waals surface area (Å²) in [5.74, 6) is 0. The lowest BCUT2D eigenvalue weighted by atomic mass is 10.1. The van der Waals surface area contributed by atoms with Crippen molar-refractivity contribution in [3.8, 4) is 0 Å². The van der Waals surface area contributed by atoms with Crippen molar-refractivity contribution in [2.24, 2.45) is 0 Å². The first-order valence-electron chi connectivity index (χ1n) is 6.06. The maximum absolute atomic E-state index is 4.46. The number of hydrogen-bond acceptors (Lipinski definition) is 3. The summed E-state index contributed by atoms with van der Waals surface area (Å²) in [6.45, 7) is 5.59. The fourth-order valence-corrected chi connectivity index (χ4v) is 3.35. The summed E-state index contributed by atoms with van der Waals surface area (Å²) in [6.07, 6.45) is 4.87. The normalized spacial score (nSPS) is 18.5. The van der Waals surface area contributed by atoms with Gasteiger partial charge in [-0.15, -0.1) is 0 Å². The first-order chi connectivity index (χ1) is 8.19. The maximum Gasteiger partial charge on any atom is 0.106 e. The molecule has 0 radical (unpaired) electrons. The standard InChI is InChI=1S/C13H19BrN2S/c1-10-11(3-4-13(14)15-10)9-16-7-5-12(17-2)6-8-16/h3-4,12H,5-9H2,1-2H3. The number of aromatic nitrogens is 1. The van der Waals surface area contributed by atoms with Crippen LogP contribution >= 0.6 is 27.7 Å². The highest BCUT2D eigenvalue weighted by Gasteiger charge is 2.18. The third-order valence-electron chi connectivity index (χ3n) is 3.42. The van der Waals surface area contributed by atoms with Gasteiger partial charge in [-0.05, 0) is 66.7 Å². The number of hydrogen-bond donors (Lipinski definition) is 0. The van der Waals surface area contributed by atoms with Gasteiger partial charge in [0.1, 0.15) is 4.60 Å². The molecule has 1 aromatic heterocycles. The van der Waals surface area contributed by atoms with Gasteiger partial charge < -0.3 is 0 Å². The molecule has 0 bridgehead atoms. The van der Waals surface area contributed by atoms with E-state index in [2.05, 4.69) is 45.1 Å². The monoisotopic (exact) mass is 314 g/mol. The summed E-state index contributed by atoms with van der Waals surface area (Å²) >= 11 is 5.43. The van der Waals surface area contributed by atoms with E-state index in [-0.39, 0.29) is 0 Å². The fraction of sp³-hybridized carbons (Fsp3) is 0.615. The van der Waals surface area contributed by atoms with Gasteiger partial charge in [-0.25, -0.2) is 4.98 Å². The van der Waals surface area contributed by atoms with Gasteiger partial charge in [0.2, 0.25) is 0 Å². The van der Waals surface area contributed by atoms with Crippen LogP contribution in [0, 0.1) is 6.92 Å². The molecule has 2 heterocycles. The van der Waals surface area contributed by atoms with Crippen molar-refractivity contribution in [3.05, 3.63) is 28.0 Å². The molecular formula is C13H19BrN2S. The van der Waals surface area contributed by atoms with Crippen molar-refractivity contribution >= 4 is 27.7 Å². The second kappa shape index (κ2) is 6.21. The van der Waals surface area contributed by atoms with Crippen LogP contribution in [0.2, 0.25) is 0 Å². The quantitative estimate of drug-likeness (QED) is 0.795. The lowest BCUT2D eigenvalue weighted by molar-refractivity contribution is 0.224. The molecule has 0 atom stereocenters. The number of piperidine rings is 1. The highest BCUT2D eigenvalue weighted by Crippen LogP contribution is 2.22. The zero-order valence-electron chi connectivity index (χ0n) is 10.4. The second-order valence-electron chi connectivity index (χ2n) is 4.59. The summed E-state index contributed by atoms with van der Waals surface area (Å²) in [7, 11) is 0. The molecule has 1 saturated heterocycles. The van der Waals surface area contributed by atoms with Gasteiger partial charge in [0.15, 0.2) is 0 Å². The summed E-state index contributed by atoms with van der Waals surface area (Å²) in [4.78, 5) is 7.00. The number of halogens is 1. The Balaban J connectivity index is 1.93. The molecule has 0 amide bonds. The van der Waals surface area contributed by atoms with Crippen LogP contribution in [0.25, 0.3) is 0 Å². The van der Waals surface area contributed by atoms with E-state index in [1.165, 1.54) is 31.5 Å². The maximum atomic E-state index is 4.46. The van der Waals surface area contributed by atoms with Crippen LogP contribution in [0.15, 0.2) is 16.7 Å². The minimum Gasteiger partial charge on any atom is -0.299 e. The molecule has 17 heavy (non-hydrogen) atoms.